The monoisotopic (exact) mass is 285 g/mol. The van der Waals surface area contributed by atoms with Gasteiger partial charge in [-0.25, -0.2) is 0 Å². The van der Waals surface area contributed by atoms with Crippen LogP contribution in [-0.4, -0.2) is 36.8 Å². The van der Waals surface area contributed by atoms with E-state index in [1.807, 2.05) is 24.3 Å². The van der Waals surface area contributed by atoms with Gasteiger partial charge in [-0.2, -0.15) is 0 Å². The maximum Gasteiger partial charge on any atom is 0.120 e. The fourth-order valence-electron chi connectivity index (χ4n) is 3.26. The Hall–Kier alpha value is -1.58. The van der Waals surface area contributed by atoms with Crippen molar-refractivity contribution in [2.24, 2.45) is 5.92 Å². The number of fused-ring (bicyclic) bond motifs is 1. The summed E-state index contributed by atoms with van der Waals surface area (Å²) in [5.41, 5.74) is 1.05. The van der Waals surface area contributed by atoms with Crippen molar-refractivity contribution in [3.05, 3.63) is 42.0 Å². The Morgan fingerprint density at radius 2 is 1.90 bits per heavy atom. The lowest BCUT2D eigenvalue weighted by Crippen LogP contribution is -2.34. The number of ether oxygens (including phenoxy) is 1. The summed E-state index contributed by atoms with van der Waals surface area (Å²) in [6.45, 7) is 3.85. The molecule has 21 heavy (non-hydrogen) atoms. The minimum absolute atomic E-state index is 0.410. The summed E-state index contributed by atoms with van der Waals surface area (Å²) in [5, 5.41) is 12.6. The first-order valence-corrected chi connectivity index (χ1v) is 7.69. The summed E-state index contributed by atoms with van der Waals surface area (Å²) in [5.74, 6) is 1.10. The van der Waals surface area contributed by atoms with Gasteiger partial charge in [0.25, 0.3) is 0 Å². The number of methoxy groups -OCH3 is 1. The number of phenols is 1. The van der Waals surface area contributed by atoms with E-state index in [1.54, 1.807) is 7.11 Å². The summed E-state index contributed by atoms with van der Waals surface area (Å²) in [7, 11) is 1.78. The van der Waals surface area contributed by atoms with E-state index in [9.17, 15) is 5.11 Å². The highest BCUT2D eigenvalue weighted by atomic mass is 16.5. The topological polar surface area (TPSA) is 32.7 Å². The largest absolute Gasteiger partial charge is 0.508 e. The van der Waals surface area contributed by atoms with Crippen LogP contribution in [0, 0.1) is 5.92 Å². The third-order valence-electron chi connectivity index (χ3n) is 4.51. The summed E-state index contributed by atoms with van der Waals surface area (Å²) >= 11 is 0. The molecule has 0 spiro atoms. The summed E-state index contributed by atoms with van der Waals surface area (Å²) < 4.78 is 5.25. The van der Waals surface area contributed by atoms with E-state index in [0.29, 0.717) is 11.7 Å². The predicted octanol–water partition coefficient (Wildman–Crippen LogP) is 3.40. The Kier molecular flexibility index (Phi) is 4.42. The molecular formula is C18H23NO2. The molecule has 1 N–H and O–H groups in total. The Labute approximate surface area is 126 Å². The molecule has 0 bridgehead atoms. The lowest BCUT2D eigenvalue weighted by Gasteiger charge is -2.32. The Morgan fingerprint density at radius 1 is 1.14 bits per heavy atom. The van der Waals surface area contributed by atoms with Crippen LogP contribution in [0.15, 0.2) is 36.4 Å². The lowest BCUT2D eigenvalue weighted by atomic mass is 9.96. The van der Waals surface area contributed by atoms with Gasteiger partial charge < -0.3 is 9.84 Å². The standard InChI is InChI=1S/C18H23NO2/c1-21-13-14-8-10-19(11-9-14)12-17-16-5-3-2-4-15(16)6-7-18(17)20/h2-7,14,20H,8-13H2,1H3. The Balaban J connectivity index is 1.75. The summed E-state index contributed by atoms with van der Waals surface area (Å²) in [4.78, 5) is 2.44. The quantitative estimate of drug-likeness (QED) is 0.934. The van der Waals surface area contributed by atoms with E-state index < -0.39 is 0 Å². The van der Waals surface area contributed by atoms with Crippen LogP contribution in [0.5, 0.6) is 5.75 Å². The number of phenolic OH excluding ortho intramolecular Hbond substituents is 1. The molecule has 112 valence electrons. The van der Waals surface area contributed by atoms with Crippen molar-refractivity contribution in [1.29, 1.82) is 0 Å². The van der Waals surface area contributed by atoms with Crippen molar-refractivity contribution in [3.63, 3.8) is 0 Å². The van der Waals surface area contributed by atoms with Crippen LogP contribution in [0.4, 0.5) is 0 Å². The van der Waals surface area contributed by atoms with Crippen LogP contribution in [-0.2, 0) is 11.3 Å². The average molecular weight is 285 g/mol. The third-order valence-corrected chi connectivity index (χ3v) is 4.51. The van der Waals surface area contributed by atoms with Gasteiger partial charge in [0.2, 0.25) is 0 Å². The number of rotatable bonds is 4. The maximum absolute atomic E-state index is 10.2. The molecule has 0 aliphatic carbocycles. The van der Waals surface area contributed by atoms with Crippen LogP contribution < -0.4 is 0 Å². The van der Waals surface area contributed by atoms with Gasteiger partial charge >= 0.3 is 0 Å². The van der Waals surface area contributed by atoms with Gasteiger partial charge in [-0.05, 0) is 48.7 Å². The molecule has 0 aromatic heterocycles. The normalized spacial score (nSPS) is 17.4. The van der Waals surface area contributed by atoms with Gasteiger partial charge in [0.15, 0.2) is 0 Å². The average Bonchev–Trinajstić information content (AvgIpc) is 2.52. The molecule has 3 nitrogen and oxygen atoms in total. The summed E-state index contributed by atoms with van der Waals surface area (Å²) in [6.07, 6.45) is 2.36. The minimum atomic E-state index is 0.410. The van der Waals surface area contributed by atoms with Crippen LogP contribution in [0.25, 0.3) is 10.8 Å². The maximum atomic E-state index is 10.2. The van der Waals surface area contributed by atoms with E-state index in [0.717, 1.165) is 37.2 Å². The Morgan fingerprint density at radius 3 is 2.67 bits per heavy atom. The molecule has 1 fully saturated rings. The zero-order valence-electron chi connectivity index (χ0n) is 12.6. The van der Waals surface area contributed by atoms with E-state index >= 15 is 0 Å². The van der Waals surface area contributed by atoms with Gasteiger partial charge in [-0.1, -0.05) is 30.3 Å². The molecule has 1 saturated heterocycles. The first kappa shape index (κ1) is 14.4. The van der Waals surface area contributed by atoms with E-state index in [2.05, 4.69) is 17.0 Å². The molecule has 3 heteroatoms. The zero-order valence-corrected chi connectivity index (χ0v) is 12.6. The van der Waals surface area contributed by atoms with Gasteiger partial charge in [0.05, 0.1) is 0 Å². The van der Waals surface area contributed by atoms with Crippen LogP contribution >= 0.6 is 0 Å². The third kappa shape index (κ3) is 3.20. The van der Waals surface area contributed by atoms with Gasteiger partial charge in [0, 0.05) is 25.8 Å². The molecule has 2 aromatic carbocycles. The number of aromatic hydroxyl groups is 1. The van der Waals surface area contributed by atoms with E-state index in [4.69, 9.17) is 4.74 Å². The van der Waals surface area contributed by atoms with Crippen molar-refractivity contribution in [2.45, 2.75) is 19.4 Å². The fraction of sp³-hybridized carbons (Fsp3) is 0.444. The number of likely N-dealkylation sites (tertiary alicyclic amines) is 1. The molecule has 0 unspecified atom stereocenters. The number of nitrogens with zero attached hydrogens (tertiary/aromatic N) is 1. The van der Waals surface area contributed by atoms with E-state index in [1.165, 1.54) is 18.2 Å². The molecule has 1 aliphatic heterocycles. The SMILES string of the molecule is COCC1CCN(Cc2c(O)ccc3ccccc23)CC1. The number of benzene rings is 2. The minimum Gasteiger partial charge on any atom is -0.508 e. The molecule has 3 rings (SSSR count). The number of hydrogen-bond acceptors (Lipinski definition) is 3. The second-order valence-electron chi connectivity index (χ2n) is 5.96. The van der Waals surface area contributed by atoms with Crippen molar-refractivity contribution >= 4 is 10.8 Å². The molecule has 1 heterocycles. The first-order chi connectivity index (χ1) is 10.3. The highest BCUT2D eigenvalue weighted by Crippen LogP contribution is 2.29. The van der Waals surface area contributed by atoms with Crippen molar-refractivity contribution in [2.75, 3.05) is 26.8 Å². The highest BCUT2D eigenvalue weighted by Gasteiger charge is 2.20. The summed E-state index contributed by atoms with van der Waals surface area (Å²) in [6, 6.07) is 12.1. The molecule has 0 radical (unpaired) electrons. The highest BCUT2D eigenvalue weighted by molar-refractivity contribution is 5.87. The fourth-order valence-corrected chi connectivity index (χ4v) is 3.26. The van der Waals surface area contributed by atoms with Crippen LogP contribution in [0.2, 0.25) is 0 Å². The van der Waals surface area contributed by atoms with Gasteiger partial charge in [-0.15, -0.1) is 0 Å². The first-order valence-electron chi connectivity index (χ1n) is 7.69. The van der Waals surface area contributed by atoms with Gasteiger partial charge in [0.1, 0.15) is 5.75 Å². The van der Waals surface area contributed by atoms with Gasteiger partial charge in [-0.3, -0.25) is 4.90 Å². The second kappa shape index (κ2) is 6.46. The van der Waals surface area contributed by atoms with Crippen LogP contribution in [0.3, 0.4) is 0 Å². The molecule has 0 amide bonds. The predicted molar refractivity (Wildman–Crippen MR) is 85.5 cm³/mol. The lowest BCUT2D eigenvalue weighted by molar-refractivity contribution is 0.0967. The second-order valence-corrected chi connectivity index (χ2v) is 5.96. The van der Waals surface area contributed by atoms with Crippen molar-refractivity contribution in [3.8, 4) is 5.75 Å². The number of hydrogen-bond donors (Lipinski definition) is 1. The molecule has 0 atom stereocenters. The Bertz CT molecular complexity index is 603. The molecular weight excluding hydrogens is 262 g/mol. The van der Waals surface area contributed by atoms with Crippen molar-refractivity contribution < 1.29 is 9.84 Å². The molecule has 1 aliphatic rings. The molecule has 2 aromatic rings. The zero-order chi connectivity index (χ0) is 14.7. The smallest absolute Gasteiger partial charge is 0.120 e. The number of piperidine rings is 1. The van der Waals surface area contributed by atoms with Crippen LogP contribution in [0.1, 0.15) is 18.4 Å². The van der Waals surface area contributed by atoms with Crippen molar-refractivity contribution in [1.82, 2.24) is 4.90 Å². The molecule has 0 saturated carbocycles. The van der Waals surface area contributed by atoms with E-state index in [-0.39, 0.29) is 0 Å².